The Balaban J connectivity index is 1.74. The number of benzene rings is 2. The summed E-state index contributed by atoms with van der Waals surface area (Å²) in [5.41, 5.74) is 1.95. The maximum Gasteiger partial charge on any atom is 0.248 e. The van der Waals surface area contributed by atoms with E-state index in [1.165, 1.54) is 40.9 Å². The van der Waals surface area contributed by atoms with E-state index in [0.717, 1.165) is 11.1 Å². The lowest BCUT2D eigenvalue weighted by molar-refractivity contribution is -0.132. The lowest BCUT2D eigenvalue weighted by Gasteiger charge is -2.22. The molecule has 3 rings (SSSR count). The van der Waals surface area contributed by atoms with Crippen LogP contribution in [0.15, 0.2) is 54.6 Å². The molecule has 28 heavy (non-hydrogen) atoms. The van der Waals surface area contributed by atoms with Crippen molar-refractivity contribution < 1.29 is 18.7 Å². The van der Waals surface area contributed by atoms with Crippen LogP contribution in [0.1, 0.15) is 12.5 Å². The molecule has 2 aromatic rings. The second-order valence-corrected chi connectivity index (χ2v) is 7.35. The van der Waals surface area contributed by atoms with Crippen molar-refractivity contribution in [1.82, 2.24) is 4.90 Å². The van der Waals surface area contributed by atoms with Gasteiger partial charge in [-0.25, -0.2) is 4.39 Å². The van der Waals surface area contributed by atoms with Gasteiger partial charge in [-0.2, -0.15) is 0 Å². The number of methoxy groups -OCH3 is 1. The molecule has 5 nitrogen and oxygen atoms in total. The molecule has 2 aromatic carbocycles. The number of para-hydroxylation sites is 1. The van der Waals surface area contributed by atoms with Crippen molar-refractivity contribution in [2.24, 2.45) is 0 Å². The Labute approximate surface area is 167 Å². The van der Waals surface area contributed by atoms with Gasteiger partial charge in [-0.1, -0.05) is 24.3 Å². The van der Waals surface area contributed by atoms with E-state index >= 15 is 0 Å². The van der Waals surface area contributed by atoms with Gasteiger partial charge in [-0.3, -0.25) is 9.59 Å². The van der Waals surface area contributed by atoms with Crippen molar-refractivity contribution in [3.63, 3.8) is 0 Å². The fourth-order valence-electron chi connectivity index (χ4n) is 2.99. The molecule has 1 aliphatic heterocycles. The molecule has 1 N–H and O–H groups in total. The zero-order valence-corrected chi connectivity index (χ0v) is 16.5. The molecule has 1 aliphatic rings. The number of hydrogen-bond donors (Lipinski definition) is 1. The smallest absolute Gasteiger partial charge is 0.248 e. The van der Waals surface area contributed by atoms with Gasteiger partial charge >= 0.3 is 0 Å². The topological polar surface area (TPSA) is 58.6 Å². The first kappa shape index (κ1) is 19.9. The molecule has 0 aromatic heterocycles. The minimum atomic E-state index is -0.609. The molecule has 2 amide bonds. The molecule has 1 atom stereocenters. The highest BCUT2D eigenvalue weighted by Gasteiger charge is 2.34. The van der Waals surface area contributed by atoms with E-state index in [-0.39, 0.29) is 11.8 Å². The number of nitrogens with zero attached hydrogens (tertiary/aromatic N) is 1. The summed E-state index contributed by atoms with van der Waals surface area (Å²) in [6, 6.07) is 12.5. The maximum atomic E-state index is 13.3. The number of hydrogen-bond acceptors (Lipinski definition) is 4. The molecule has 0 radical (unpaired) electrons. The van der Waals surface area contributed by atoms with Crippen LogP contribution >= 0.6 is 11.8 Å². The van der Waals surface area contributed by atoms with E-state index in [1.54, 1.807) is 13.2 Å². The summed E-state index contributed by atoms with van der Waals surface area (Å²) in [6.45, 7) is 1.83. The molecule has 0 bridgehead atoms. The predicted octanol–water partition coefficient (Wildman–Crippen LogP) is 3.78. The van der Waals surface area contributed by atoms with E-state index in [0.29, 0.717) is 23.1 Å². The van der Waals surface area contributed by atoms with Gasteiger partial charge in [0.1, 0.15) is 17.6 Å². The van der Waals surface area contributed by atoms with Crippen LogP contribution in [0.5, 0.6) is 5.75 Å². The van der Waals surface area contributed by atoms with Crippen LogP contribution in [0, 0.1) is 5.82 Å². The number of halogens is 1. The van der Waals surface area contributed by atoms with Crippen LogP contribution in [0.2, 0.25) is 0 Å². The van der Waals surface area contributed by atoms with Crippen LogP contribution in [0.3, 0.4) is 0 Å². The van der Waals surface area contributed by atoms with Crippen molar-refractivity contribution in [3.05, 3.63) is 66.0 Å². The van der Waals surface area contributed by atoms with Gasteiger partial charge in [0.15, 0.2) is 0 Å². The lowest BCUT2D eigenvalue weighted by atomic mass is 10.1. The van der Waals surface area contributed by atoms with Crippen molar-refractivity contribution in [3.8, 4) is 5.75 Å². The molecule has 1 heterocycles. The summed E-state index contributed by atoms with van der Waals surface area (Å²) < 4.78 is 18.7. The number of nitrogens with one attached hydrogen (secondary N) is 1. The SMILES string of the molecule is COc1ccccc1C(C)=CC(=O)N1CSCC1C(=O)Nc1cccc(F)c1. The minimum Gasteiger partial charge on any atom is -0.496 e. The van der Waals surface area contributed by atoms with Gasteiger partial charge in [0.05, 0.1) is 13.0 Å². The predicted molar refractivity (Wildman–Crippen MR) is 110 cm³/mol. The van der Waals surface area contributed by atoms with E-state index < -0.39 is 11.9 Å². The van der Waals surface area contributed by atoms with Gasteiger partial charge in [-0.15, -0.1) is 11.8 Å². The van der Waals surface area contributed by atoms with E-state index in [2.05, 4.69) is 5.32 Å². The zero-order valence-electron chi connectivity index (χ0n) is 15.6. The number of carbonyl (C=O) groups excluding carboxylic acids is 2. The van der Waals surface area contributed by atoms with Crippen molar-refractivity contribution in [1.29, 1.82) is 0 Å². The first-order chi connectivity index (χ1) is 13.5. The molecule has 0 aliphatic carbocycles. The summed E-state index contributed by atoms with van der Waals surface area (Å²) in [7, 11) is 1.58. The van der Waals surface area contributed by atoms with Gasteiger partial charge in [0, 0.05) is 23.1 Å². The Bertz CT molecular complexity index is 916. The molecule has 0 saturated carbocycles. The normalized spacial score (nSPS) is 16.8. The van der Waals surface area contributed by atoms with Crippen LogP contribution in [0.25, 0.3) is 5.57 Å². The third kappa shape index (κ3) is 4.54. The Morgan fingerprint density at radius 1 is 1.25 bits per heavy atom. The summed E-state index contributed by atoms with van der Waals surface area (Å²) in [6.07, 6.45) is 1.52. The fourth-order valence-corrected chi connectivity index (χ4v) is 4.15. The number of rotatable bonds is 5. The van der Waals surface area contributed by atoms with E-state index in [4.69, 9.17) is 4.74 Å². The Kier molecular flexibility index (Phi) is 6.36. The monoisotopic (exact) mass is 400 g/mol. The van der Waals surface area contributed by atoms with Crippen molar-refractivity contribution >= 4 is 34.8 Å². The highest BCUT2D eigenvalue weighted by Crippen LogP contribution is 2.27. The molecule has 0 spiro atoms. The van der Waals surface area contributed by atoms with E-state index in [9.17, 15) is 14.0 Å². The largest absolute Gasteiger partial charge is 0.496 e. The Morgan fingerprint density at radius 2 is 2.04 bits per heavy atom. The standard InChI is InChI=1S/C21H21FN2O3S/c1-14(17-8-3-4-9-19(17)27-2)10-20(25)24-13-28-12-18(24)21(26)23-16-7-5-6-15(22)11-16/h3-11,18H,12-13H2,1-2H3,(H,23,26). The number of allylic oxidation sites excluding steroid dienone is 1. The number of amides is 2. The molecular weight excluding hydrogens is 379 g/mol. The van der Waals surface area contributed by atoms with Gasteiger partial charge < -0.3 is 15.0 Å². The highest BCUT2D eigenvalue weighted by atomic mass is 32.2. The number of thioether (sulfide) groups is 1. The van der Waals surface area contributed by atoms with Gasteiger partial charge in [0.25, 0.3) is 0 Å². The van der Waals surface area contributed by atoms with Crippen LogP contribution in [-0.2, 0) is 9.59 Å². The second kappa shape index (κ2) is 8.93. The first-order valence-corrected chi connectivity index (χ1v) is 9.91. The zero-order chi connectivity index (χ0) is 20.1. The summed E-state index contributed by atoms with van der Waals surface area (Å²) in [5.74, 6) is 0.603. The van der Waals surface area contributed by atoms with E-state index in [1.807, 2.05) is 31.2 Å². The molecule has 1 unspecified atom stereocenters. The minimum absolute atomic E-state index is 0.243. The third-order valence-electron chi connectivity index (χ3n) is 4.43. The van der Waals surface area contributed by atoms with Crippen LogP contribution < -0.4 is 10.1 Å². The molecule has 146 valence electrons. The van der Waals surface area contributed by atoms with Gasteiger partial charge in [0.2, 0.25) is 11.8 Å². The molecule has 7 heteroatoms. The fraction of sp³-hybridized carbons (Fsp3) is 0.238. The summed E-state index contributed by atoms with van der Waals surface area (Å²) in [5, 5.41) is 2.69. The molecule has 1 fully saturated rings. The first-order valence-electron chi connectivity index (χ1n) is 8.76. The molecular formula is C21H21FN2O3S. The average molecular weight is 400 g/mol. The Morgan fingerprint density at radius 3 is 2.79 bits per heavy atom. The quantitative estimate of drug-likeness (QED) is 0.776. The van der Waals surface area contributed by atoms with Crippen molar-refractivity contribution in [2.45, 2.75) is 13.0 Å². The summed E-state index contributed by atoms with van der Waals surface area (Å²) >= 11 is 1.51. The van der Waals surface area contributed by atoms with Crippen LogP contribution in [0.4, 0.5) is 10.1 Å². The lowest BCUT2D eigenvalue weighted by Crippen LogP contribution is -2.44. The summed E-state index contributed by atoms with van der Waals surface area (Å²) in [4.78, 5) is 26.9. The number of anilines is 1. The average Bonchev–Trinajstić information content (AvgIpc) is 3.18. The molecule has 1 saturated heterocycles. The van der Waals surface area contributed by atoms with Gasteiger partial charge in [-0.05, 0) is 36.8 Å². The number of ether oxygens (including phenoxy) is 1. The Hall–Kier alpha value is -2.80. The number of carbonyl (C=O) groups is 2. The third-order valence-corrected chi connectivity index (χ3v) is 5.44. The van der Waals surface area contributed by atoms with Crippen molar-refractivity contribution in [2.75, 3.05) is 24.1 Å². The van der Waals surface area contributed by atoms with Crippen LogP contribution in [-0.4, -0.2) is 41.5 Å². The maximum absolute atomic E-state index is 13.3. The second-order valence-electron chi connectivity index (χ2n) is 6.35. The highest BCUT2D eigenvalue weighted by molar-refractivity contribution is 7.99.